The summed E-state index contributed by atoms with van der Waals surface area (Å²) in [5.41, 5.74) is 0. The van der Waals surface area contributed by atoms with Crippen molar-refractivity contribution in [2.45, 2.75) is 52.6 Å². The van der Waals surface area contributed by atoms with E-state index in [4.69, 9.17) is 0 Å². The van der Waals surface area contributed by atoms with Gasteiger partial charge in [-0.2, -0.15) is 0 Å². The van der Waals surface area contributed by atoms with Crippen LogP contribution in [0.5, 0.6) is 0 Å². The lowest BCUT2D eigenvalue weighted by Gasteiger charge is -2.30. The third-order valence-corrected chi connectivity index (χ3v) is 2.41. The van der Waals surface area contributed by atoms with E-state index in [1.54, 1.807) is 0 Å². The van der Waals surface area contributed by atoms with Crippen molar-refractivity contribution in [2.75, 3.05) is 0 Å². The van der Waals surface area contributed by atoms with Crippen molar-refractivity contribution in [3.8, 4) is 0 Å². The molecule has 0 fully saturated rings. The second-order valence-corrected chi connectivity index (χ2v) is 5.13. The second-order valence-electron chi connectivity index (χ2n) is 4.01. The van der Waals surface area contributed by atoms with Gasteiger partial charge in [0.05, 0.1) is 0 Å². The van der Waals surface area contributed by atoms with E-state index in [0.29, 0.717) is 6.42 Å². The molecule has 0 aromatic rings. The molecule has 0 saturated carbocycles. The first-order valence-electron chi connectivity index (χ1n) is 5.00. The highest BCUT2D eigenvalue weighted by atomic mass is 79.9. The van der Waals surface area contributed by atoms with Gasteiger partial charge in [-0.25, -0.2) is 0 Å². The van der Waals surface area contributed by atoms with Crippen molar-refractivity contribution in [1.82, 2.24) is 4.90 Å². The number of rotatable bonds is 5. The standard InChI is InChI=1S/C11H20BrNO/c1-8(2)13(9(3)4)11(14)7-6-10(5)12/h8-9H,5-7H2,1-4H3. The largest absolute Gasteiger partial charge is 0.338 e. The fraction of sp³-hybridized carbons (Fsp3) is 0.727. The summed E-state index contributed by atoms with van der Waals surface area (Å²) in [5.74, 6) is 0.204. The molecule has 0 aromatic carbocycles. The minimum absolute atomic E-state index is 0.204. The number of hydrogen-bond donors (Lipinski definition) is 0. The fourth-order valence-electron chi connectivity index (χ4n) is 1.54. The number of amides is 1. The molecule has 0 radical (unpaired) electrons. The van der Waals surface area contributed by atoms with Gasteiger partial charge in [0.2, 0.25) is 5.91 Å². The number of carbonyl (C=O) groups is 1. The van der Waals surface area contributed by atoms with Crippen LogP contribution in [0.1, 0.15) is 40.5 Å². The lowest BCUT2D eigenvalue weighted by Crippen LogP contribution is -2.41. The average molecular weight is 262 g/mol. The van der Waals surface area contributed by atoms with Crippen LogP contribution >= 0.6 is 15.9 Å². The molecule has 82 valence electrons. The van der Waals surface area contributed by atoms with Crippen molar-refractivity contribution in [1.29, 1.82) is 0 Å². The Morgan fingerprint density at radius 3 is 1.93 bits per heavy atom. The molecule has 3 heteroatoms. The van der Waals surface area contributed by atoms with E-state index < -0.39 is 0 Å². The van der Waals surface area contributed by atoms with Crippen LogP contribution in [0.4, 0.5) is 0 Å². The molecule has 2 nitrogen and oxygen atoms in total. The van der Waals surface area contributed by atoms with Crippen LogP contribution in [0, 0.1) is 0 Å². The first kappa shape index (κ1) is 13.7. The zero-order valence-corrected chi connectivity index (χ0v) is 11.1. The fourth-order valence-corrected chi connectivity index (χ4v) is 1.74. The zero-order chi connectivity index (χ0) is 11.3. The molecule has 0 aliphatic rings. The van der Waals surface area contributed by atoms with Gasteiger partial charge in [-0.3, -0.25) is 4.79 Å². The van der Waals surface area contributed by atoms with E-state index in [0.717, 1.165) is 10.9 Å². The molecule has 0 N–H and O–H groups in total. The molecule has 0 rings (SSSR count). The van der Waals surface area contributed by atoms with E-state index in [1.807, 2.05) is 32.6 Å². The maximum atomic E-state index is 11.8. The van der Waals surface area contributed by atoms with Gasteiger partial charge in [-0.05, 0) is 38.6 Å². The maximum absolute atomic E-state index is 11.8. The van der Waals surface area contributed by atoms with Crippen molar-refractivity contribution in [2.24, 2.45) is 0 Å². The van der Waals surface area contributed by atoms with E-state index >= 15 is 0 Å². The van der Waals surface area contributed by atoms with Crippen molar-refractivity contribution in [3.63, 3.8) is 0 Å². The molecule has 0 bridgehead atoms. The van der Waals surface area contributed by atoms with E-state index in [1.165, 1.54) is 0 Å². The Balaban J connectivity index is 4.23. The number of hydrogen-bond acceptors (Lipinski definition) is 1. The third kappa shape index (κ3) is 4.80. The van der Waals surface area contributed by atoms with Gasteiger partial charge in [-0.1, -0.05) is 22.5 Å². The Hall–Kier alpha value is -0.310. The molecule has 0 atom stereocenters. The molecule has 1 amide bonds. The summed E-state index contributed by atoms with van der Waals surface area (Å²) in [4.78, 5) is 13.7. The SMILES string of the molecule is C=C(Br)CCC(=O)N(C(C)C)C(C)C. The molecule has 14 heavy (non-hydrogen) atoms. The highest BCUT2D eigenvalue weighted by molar-refractivity contribution is 9.11. The van der Waals surface area contributed by atoms with Gasteiger partial charge in [0.1, 0.15) is 0 Å². The lowest BCUT2D eigenvalue weighted by atomic mass is 10.2. The molecule has 0 spiro atoms. The van der Waals surface area contributed by atoms with Crippen LogP contribution in [-0.4, -0.2) is 22.9 Å². The molecular weight excluding hydrogens is 242 g/mol. The quantitative estimate of drug-likeness (QED) is 0.744. The Labute approximate surface area is 95.5 Å². The minimum atomic E-state index is 0.204. The highest BCUT2D eigenvalue weighted by Crippen LogP contribution is 2.14. The Kier molecular flexibility index (Phi) is 6.09. The first-order valence-corrected chi connectivity index (χ1v) is 5.80. The molecule has 0 saturated heterocycles. The second kappa shape index (κ2) is 6.23. The summed E-state index contributed by atoms with van der Waals surface area (Å²) in [7, 11) is 0. The molecule has 0 aromatic heterocycles. The predicted octanol–water partition coefficient (Wildman–Crippen LogP) is 3.32. The van der Waals surface area contributed by atoms with Crippen molar-refractivity contribution in [3.05, 3.63) is 11.1 Å². The Morgan fingerprint density at radius 2 is 1.64 bits per heavy atom. The molecule has 0 unspecified atom stereocenters. The van der Waals surface area contributed by atoms with Crippen LogP contribution in [0.25, 0.3) is 0 Å². The van der Waals surface area contributed by atoms with E-state index in [-0.39, 0.29) is 18.0 Å². The average Bonchev–Trinajstić information content (AvgIpc) is 1.99. The lowest BCUT2D eigenvalue weighted by molar-refractivity contribution is -0.134. The topological polar surface area (TPSA) is 20.3 Å². The summed E-state index contributed by atoms with van der Waals surface area (Å²) in [6.45, 7) is 11.9. The zero-order valence-electron chi connectivity index (χ0n) is 9.51. The van der Waals surface area contributed by atoms with Gasteiger partial charge in [0.25, 0.3) is 0 Å². The van der Waals surface area contributed by atoms with Gasteiger partial charge in [0.15, 0.2) is 0 Å². The van der Waals surface area contributed by atoms with Gasteiger partial charge >= 0.3 is 0 Å². The number of allylic oxidation sites excluding steroid dienone is 1. The molecule has 0 heterocycles. The Bertz CT molecular complexity index is 203. The maximum Gasteiger partial charge on any atom is 0.223 e. The summed E-state index contributed by atoms with van der Waals surface area (Å²) in [5, 5.41) is 0. The van der Waals surface area contributed by atoms with Crippen LogP contribution in [0.15, 0.2) is 11.1 Å². The summed E-state index contributed by atoms with van der Waals surface area (Å²) in [6.07, 6.45) is 1.26. The summed E-state index contributed by atoms with van der Waals surface area (Å²) >= 11 is 3.26. The molecule has 0 aliphatic carbocycles. The normalized spacial score (nSPS) is 10.8. The Morgan fingerprint density at radius 1 is 1.21 bits per heavy atom. The first-order chi connectivity index (χ1) is 6.36. The summed E-state index contributed by atoms with van der Waals surface area (Å²) < 4.78 is 0.887. The molecular formula is C11H20BrNO. The predicted molar refractivity (Wildman–Crippen MR) is 64.4 cm³/mol. The van der Waals surface area contributed by atoms with Crippen LogP contribution < -0.4 is 0 Å². The number of nitrogens with zero attached hydrogens (tertiary/aromatic N) is 1. The summed E-state index contributed by atoms with van der Waals surface area (Å²) in [6, 6.07) is 0.539. The highest BCUT2D eigenvalue weighted by Gasteiger charge is 2.19. The van der Waals surface area contributed by atoms with Crippen molar-refractivity contribution >= 4 is 21.8 Å². The third-order valence-electron chi connectivity index (χ3n) is 2.01. The van der Waals surface area contributed by atoms with Crippen LogP contribution in [0.2, 0.25) is 0 Å². The molecule has 0 aliphatic heterocycles. The minimum Gasteiger partial charge on any atom is -0.338 e. The van der Waals surface area contributed by atoms with Gasteiger partial charge in [0, 0.05) is 18.5 Å². The van der Waals surface area contributed by atoms with Crippen LogP contribution in [0.3, 0.4) is 0 Å². The smallest absolute Gasteiger partial charge is 0.223 e. The van der Waals surface area contributed by atoms with E-state index in [2.05, 4.69) is 22.5 Å². The van der Waals surface area contributed by atoms with E-state index in [9.17, 15) is 4.79 Å². The monoisotopic (exact) mass is 261 g/mol. The van der Waals surface area contributed by atoms with Gasteiger partial charge < -0.3 is 4.90 Å². The van der Waals surface area contributed by atoms with Gasteiger partial charge in [-0.15, -0.1) is 0 Å². The number of carbonyl (C=O) groups excluding carboxylic acids is 1. The van der Waals surface area contributed by atoms with Crippen molar-refractivity contribution < 1.29 is 4.79 Å². The van der Waals surface area contributed by atoms with Crippen LogP contribution in [-0.2, 0) is 4.79 Å². The number of halogens is 1.